The highest BCUT2D eigenvalue weighted by Crippen LogP contribution is 2.26. The Hall–Kier alpha value is -0.630. The molecule has 1 aliphatic heterocycles. The van der Waals surface area contributed by atoms with Gasteiger partial charge in [-0.3, -0.25) is 4.79 Å². The minimum atomic E-state index is 0.175. The highest BCUT2D eigenvalue weighted by Gasteiger charge is 2.38. The SMILES string of the molecule is CC(=O)C=C1CC(C)(C)[NH2+]C(C)(C)C1. The topological polar surface area (TPSA) is 33.7 Å². The molecule has 1 heterocycles. The second kappa shape index (κ2) is 3.50. The quantitative estimate of drug-likeness (QED) is 0.632. The third-order valence-corrected chi connectivity index (χ3v) is 2.55. The Bertz CT molecular complexity index is 256. The van der Waals surface area contributed by atoms with Crippen LogP contribution in [0.5, 0.6) is 0 Å². The van der Waals surface area contributed by atoms with Gasteiger partial charge in [0.25, 0.3) is 0 Å². The van der Waals surface area contributed by atoms with E-state index in [2.05, 4.69) is 33.0 Å². The van der Waals surface area contributed by atoms with Crippen LogP contribution in [-0.4, -0.2) is 16.9 Å². The number of rotatable bonds is 1. The van der Waals surface area contributed by atoms with Crippen molar-refractivity contribution in [1.29, 1.82) is 0 Å². The molecule has 0 aromatic rings. The van der Waals surface area contributed by atoms with Crippen molar-refractivity contribution in [2.75, 3.05) is 0 Å². The number of hydrogen-bond donors (Lipinski definition) is 1. The zero-order chi connectivity index (χ0) is 11.0. The first-order valence-corrected chi connectivity index (χ1v) is 5.27. The molecular formula is C12H22NO+. The highest BCUT2D eigenvalue weighted by atomic mass is 16.1. The molecule has 80 valence electrons. The number of carbonyl (C=O) groups excluding carboxylic acids is 1. The first kappa shape index (κ1) is 11.4. The lowest BCUT2D eigenvalue weighted by atomic mass is 9.79. The van der Waals surface area contributed by atoms with Gasteiger partial charge in [0.1, 0.15) is 0 Å². The number of hydrogen-bond acceptors (Lipinski definition) is 1. The molecule has 0 aromatic carbocycles. The third-order valence-electron chi connectivity index (χ3n) is 2.55. The van der Waals surface area contributed by atoms with Gasteiger partial charge in [0, 0.05) is 12.8 Å². The standard InChI is InChI=1S/C12H21NO/c1-9(14)6-10-7-11(2,3)13-12(4,5)8-10/h6,13H,7-8H2,1-5H3/p+1. The van der Waals surface area contributed by atoms with Gasteiger partial charge in [0.05, 0.1) is 11.1 Å². The van der Waals surface area contributed by atoms with Gasteiger partial charge in [-0.1, -0.05) is 5.57 Å². The highest BCUT2D eigenvalue weighted by molar-refractivity contribution is 5.88. The van der Waals surface area contributed by atoms with Gasteiger partial charge in [-0.15, -0.1) is 0 Å². The maximum absolute atomic E-state index is 11.0. The zero-order valence-corrected chi connectivity index (χ0v) is 9.98. The van der Waals surface area contributed by atoms with Crippen LogP contribution >= 0.6 is 0 Å². The summed E-state index contributed by atoms with van der Waals surface area (Å²) in [6, 6.07) is 0. The second-order valence-corrected chi connectivity index (χ2v) is 5.89. The molecule has 2 N–H and O–H groups in total. The van der Waals surface area contributed by atoms with Gasteiger partial charge < -0.3 is 5.32 Å². The minimum absolute atomic E-state index is 0.175. The van der Waals surface area contributed by atoms with Crippen LogP contribution in [0.25, 0.3) is 0 Å². The van der Waals surface area contributed by atoms with Crippen molar-refractivity contribution in [3.05, 3.63) is 11.6 Å². The number of piperidine rings is 1. The van der Waals surface area contributed by atoms with Crippen LogP contribution in [0.3, 0.4) is 0 Å². The Balaban J connectivity index is 2.87. The van der Waals surface area contributed by atoms with Crippen LogP contribution in [0.2, 0.25) is 0 Å². The van der Waals surface area contributed by atoms with E-state index in [4.69, 9.17) is 0 Å². The Morgan fingerprint density at radius 2 is 1.64 bits per heavy atom. The van der Waals surface area contributed by atoms with E-state index in [0.717, 1.165) is 12.8 Å². The van der Waals surface area contributed by atoms with Gasteiger partial charge in [-0.2, -0.15) is 0 Å². The van der Waals surface area contributed by atoms with E-state index < -0.39 is 0 Å². The maximum Gasteiger partial charge on any atom is 0.152 e. The molecule has 0 spiro atoms. The lowest BCUT2D eigenvalue weighted by Gasteiger charge is -2.40. The fourth-order valence-corrected chi connectivity index (χ4v) is 2.78. The normalized spacial score (nSPS) is 24.5. The summed E-state index contributed by atoms with van der Waals surface area (Å²) < 4.78 is 0. The molecule has 0 aliphatic carbocycles. The Morgan fingerprint density at radius 1 is 1.21 bits per heavy atom. The van der Waals surface area contributed by atoms with E-state index in [1.54, 1.807) is 6.92 Å². The maximum atomic E-state index is 11.0. The molecule has 0 bridgehead atoms. The van der Waals surface area contributed by atoms with Crippen molar-refractivity contribution in [2.24, 2.45) is 0 Å². The molecule has 0 aromatic heterocycles. The molecule has 1 aliphatic rings. The van der Waals surface area contributed by atoms with E-state index in [1.807, 2.05) is 6.08 Å². The Labute approximate surface area is 86.8 Å². The molecule has 1 rings (SSSR count). The Morgan fingerprint density at radius 3 is 2.00 bits per heavy atom. The third kappa shape index (κ3) is 3.26. The predicted octanol–water partition coefficient (Wildman–Crippen LogP) is 1.42. The van der Waals surface area contributed by atoms with Crippen LogP contribution in [0.15, 0.2) is 11.6 Å². The van der Waals surface area contributed by atoms with E-state index in [9.17, 15) is 4.79 Å². The lowest BCUT2D eigenvalue weighted by molar-refractivity contribution is -0.783. The molecule has 1 saturated heterocycles. The van der Waals surface area contributed by atoms with Gasteiger partial charge >= 0.3 is 0 Å². The number of allylic oxidation sites excluding steroid dienone is 1. The smallest absolute Gasteiger partial charge is 0.152 e. The zero-order valence-electron chi connectivity index (χ0n) is 9.98. The largest absolute Gasteiger partial charge is 0.337 e. The summed E-state index contributed by atoms with van der Waals surface area (Å²) in [5.41, 5.74) is 1.75. The fraction of sp³-hybridized carbons (Fsp3) is 0.750. The molecule has 1 fully saturated rings. The molecule has 2 nitrogen and oxygen atoms in total. The molecular weight excluding hydrogens is 174 g/mol. The van der Waals surface area contributed by atoms with Crippen molar-refractivity contribution in [3.63, 3.8) is 0 Å². The molecule has 0 unspecified atom stereocenters. The number of ketones is 1. The summed E-state index contributed by atoms with van der Waals surface area (Å²) in [6.45, 7) is 10.6. The van der Waals surface area contributed by atoms with Crippen LogP contribution in [0, 0.1) is 0 Å². The summed E-state index contributed by atoms with van der Waals surface area (Å²) >= 11 is 0. The predicted molar refractivity (Wildman–Crippen MR) is 58.1 cm³/mol. The van der Waals surface area contributed by atoms with Gasteiger partial charge in [-0.25, -0.2) is 0 Å². The monoisotopic (exact) mass is 196 g/mol. The fourth-order valence-electron chi connectivity index (χ4n) is 2.78. The number of quaternary nitrogens is 1. The minimum Gasteiger partial charge on any atom is -0.337 e. The van der Waals surface area contributed by atoms with Crippen LogP contribution in [-0.2, 0) is 4.79 Å². The van der Waals surface area contributed by atoms with Crippen molar-refractivity contribution >= 4 is 5.78 Å². The average Bonchev–Trinajstić information content (AvgIpc) is 1.74. The van der Waals surface area contributed by atoms with Gasteiger partial charge in [0.15, 0.2) is 5.78 Å². The van der Waals surface area contributed by atoms with Crippen LogP contribution in [0.4, 0.5) is 0 Å². The van der Waals surface area contributed by atoms with E-state index in [-0.39, 0.29) is 16.9 Å². The summed E-state index contributed by atoms with van der Waals surface area (Å²) in [5.74, 6) is 0.175. The van der Waals surface area contributed by atoms with Crippen LogP contribution < -0.4 is 5.32 Å². The van der Waals surface area contributed by atoms with Crippen molar-refractivity contribution in [2.45, 2.75) is 58.5 Å². The Kier molecular flexibility index (Phi) is 2.86. The summed E-state index contributed by atoms with van der Waals surface area (Å²) in [7, 11) is 0. The van der Waals surface area contributed by atoms with Gasteiger partial charge in [0.2, 0.25) is 0 Å². The summed E-state index contributed by atoms with van der Waals surface area (Å²) in [6.07, 6.45) is 3.86. The first-order valence-electron chi connectivity index (χ1n) is 5.27. The van der Waals surface area contributed by atoms with Gasteiger partial charge in [-0.05, 0) is 40.7 Å². The molecule has 14 heavy (non-hydrogen) atoms. The molecule has 0 atom stereocenters. The summed E-state index contributed by atoms with van der Waals surface area (Å²) in [5, 5.41) is 2.41. The first-order chi connectivity index (χ1) is 6.20. The molecule has 0 radical (unpaired) electrons. The average molecular weight is 196 g/mol. The number of carbonyl (C=O) groups is 1. The van der Waals surface area contributed by atoms with Crippen molar-refractivity contribution in [1.82, 2.24) is 0 Å². The van der Waals surface area contributed by atoms with E-state index in [1.165, 1.54) is 5.57 Å². The summed E-state index contributed by atoms with van der Waals surface area (Å²) in [4.78, 5) is 11.0. The van der Waals surface area contributed by atoms with Crippen molar-refractivity contribution in [3.8, 4) is 0 Å². The molecule has 0 saturated carbocycles. The van der Waals surface area contributed by atoms with E-state index >= 15 is 0 Å². The second-order valence-electron chi connectivity index (χ2n) is 5.89. The number of nitrogens with two attached hydrogens (primary N) is 1. The molecule has 0 amide bonds. The molecule has 2 heteroatoms. The van der Waals surface area contributed by atoms with Crippen molar-refractivity contribution < 1.29 is 10.1 Å². The van der Waals surface area contributed by atoms with E-state index in [0.29, 0.717) is 0 Å². The lowest BCUT2D eigenvalue weighted by Crippen LogP contribution is -3.05. The van der Waals surface area contributed by atoms with Crippen LogP contribution in [0.1, 0.15) is 47.5 Å².